The number of rotatable bonds is 6. The fourth-order valence-electron chi connectivity index (χ4n) is 1.96. The normalized spacial score (nSPS) is 14.4. The molecule has 0 fully saturated rings. The van der Waals surface area contributed by atoms with Gasteiger partial charge in [0.1, 0.15) is 0 Å². The van der Waals surface area contributed by atoms with Crippen molar-refractivity contribution in [3.8, 4) is 0 Å². The number of anilines is 1. The molecule has 0 aliphatic rings. The highest BCUT2D eigenvalue weighted by molar-refractivity contribution is 7.98. The third kappa shape index (κ3) is 4.25. The third-order valence-corrected chi connectivity index (χ3v) is 3.80. The molecule has 17 heavy (non-hydrogen) atoms. The van der Waals surface area contributed by atoms with E-state index in [4.69, 9.17) is 5.73 Å². The van der Waals surface area contributed by atoms with Crippen molar-refractivity contribution >= 4 is 17.4 Å². The molecule has 2 nitrogen and oxygen atoms in total. The molecule has 0 amide bonds. The lowest BCUT2D eigenvalue weighted by Gasteiger charge is -2.29. The Morgan fingerprint density at radius 1 is 1.29 bits per heavy atom. The number of thioether (sulfide) groups is 1. The second kappa shape index (κ2) is 6.92. The number of hydrogen-bond donors (Lipinski definition) is 1. The van der Waals surface area contributed by atoms with Crippen molar-refractivity contribution in [2.24, 2.45) is 5.73 Å². The summed E-state index contributed by atoms with van der Waals surface area (Å²) < 4.78 is 0. The summed E-state index contributed by atoms with van der Waals surface area (Å²) in [5.74, 6) is 1.14. The molecule has 0 spiro atoms. The van der Waals surface area contributed by atoms with E-state index in [-0.39, 0.29) is 6.04 Å². The molecule has 1 aromatic carbocycles. The molecule has 0 aromatic heterocycles. The fourth-order valence-corrected chi connectivity index (χ4v) is 2.67. The van der Waals surface area contributed by atoms with Gasteiger partial charge in [-0.05, 0) is 38.2 Å². The van der Waals surface area contributed by atoms with Crippen LogP contribution in [-0.4, -0.2) is 31.1 Å². The van der Waals surface area contributed by atoms with Gasteiger partial charge in [-0.2, -0.15) is 11.8 Å². The van der Waals surface area contributed by atoms with Crippen LogP contribution in [-0.2, 0) is 6.42 Å². The lowest BCUT2D eigenvalue weighted by atomic mass is 10.0. The Hall–Kier alpha value is -0.670. The predicted molar refractivity (Wildman–Crippen MR) is 80.0 cm³/mol. The summed E-state index contributed by atoms with van der Waals surface area (Å²) in [4.78, 5) is 2.36. The highest BCUT2D eigenvalue weighted by atomic mass is 32.2. The minimum Gasteiger partial charge on any atom is -0.371 e. The van der Waals surface area contributed by atoms with Crippen LogP contribution in [0.25, 0.3) is 0 Å². The zero-order chi connectivity index (χ0) is 12.8. The molecule has 2 unspecified atom stereocenters. The van der Waals surface area contributed by atoms with Crippen LogP contribution in [0.1, 0.15) is 19.4 Å². The van der Waals surface area contributed by atoms with Crippen molar-refractivity contribution in [2.75, 3.05) is 24.0 Å². The largest absolute Gasteiger partial charge is 0.371 e. The molecular weight excluding hydrogens is 228 g/mol. The topological polar surface area (TPSA) is 29.3 Å². The molecule has 2 atom stereocenters. The quantitative estimate of drug-likeness (QED) is 0.844. The van der Waals surface area contributed by atoms with Gasteiger partial charge in [0.25, 0.3) is 0 Å². The zero-order valence-corrected chi connectivity index (χ0v) is 12.1. The first-order chi connectivity index (χ1) is 8.06. The first-order valence-corrected chi connectivity index (χ1v) is 7.51. The van der Waals surface area contributed by atoms with Gasteiger partial charge in [-0.3, -0.25) is 0 Å². The Labute approximate surface area is 110 Å². The predicted octanol–water partition coefficient (Wildman–Crippen LogP) is 2.76. The van der Waals surface area contributed by atoms with Gasteiger partial charge >= 0.3 is 0 Å². The summed E-state index contributed by atoms with van der Waals surface area (Å²) >= 11 is 1.89. The Morgan fingerprint density at radius 3 is 2.53 bits per heavy atom. The van der Waals surface area contributed by atoms with Gasteiger partial charge in [-0.15, -0.1) is 0 Å². The first-order valence-electron chi connectivity index (χ1n) is 6.11. The van der Waals surface area contributed by atoms with Crippen molar-refractivity contribution in [1.29, 1.82) is 0 Å². The van der Waals surface area contributed by atoms with Gasteiger partial charge in [0.2, 0.25) is 0 Å². The lowest BCUT2D eigenvalue weighted by molar-refractivity contribution is 0.720. The van der Waals surface area contributed by atoms with Crippen molar-refractivity contribution in [3.05, 3.63) is 29.8 Å². The van der Waals surface area contributed by atoms with E-state index in [2.05, 4.69) is 56.3 Å². The maximum Gasteiger partial charge on any atom is 0.0399 e. The van der Waals surface area contributed by atoms with Gasteiger partial charge < -0.3 is 10.6 Å². The van der Waals surface area contributed by atoms with Crippen molar-refractivity contribution in [1.82, 2.24) is 0 Å². The molecule has 2 N–H and O–H groups in total. The summed E-state index contributed by atoms with van der Waals surface area (Å²) in [5, 5.41) is 0. The van der Waals surface area contributed by atoms with Crippen LogP contribution in [0, 0.1) is 0 Å². The molecule has 1 aromatic rings. The van der Waals surface area contributed by atoms with Gasteiger partial charge in [0, 0.05) is 30.6 Å². The monoisotopic (exact) mass is 252 g/mol. The average molecular weight is 252 g/mol. The minimum atomic E-state index is 0.209. The smallest absolute Gasteiger partial charge is 0.0399 e. The lowest BCUT2D eigenvalue weighted by Crippen LogP contribution is -2.32. The van der Waals surface area contributed by atoms with Crippen LogP contribution in [0.3, 0.4) is 0 Å². The van der Waals surface area contributed by atoms with E-state index < -0.39 is 0 Å². The molecule has 3 heteroatoms. The minimum absolute atomic E-state index is 0.209. The third-order valence-electron chi connectivity index (χ3n) is 2.98. The van der Waals surface area contributed by atoms with E-state index in [9.17, 15) is 0 Å². The molecule has 0 radical (unpaired) electrons. The highest BCUT2D eigenvalue weighted by Crippen LogP contribution is 2.23. The van der Waals surface area contributed by atoms with Gasteiger partial charge in [0.15, 0.2) is 0 Å². The van der Waals surface area contributed by atoms with Gasteiger partial charge in [-0.25, -0.2) is 0 Å². The number of para-hydroxylation sites is 1. The van der Waals surface area contributed by atoms with Crippen LogP contribution in [0.4, 0.5) is 5.69 Å². The molecule has 96 valence electrons. The zero-order valence-electron chi connectivity index (χ0n) is 11.3. The fraction of sp³-hybridized carbons (Fsp3) is 0.571. The van der Waals surface area contributed by atoms with E-state index in [1.807, 2.05) is 11.8 Å². The summed E-state index contributed by atoms with van der Waals surface area (Å²) in [6.07, 6.45) is 3.09. The maximum atomic E-state index is 5.91. The Balaban J connectivity index is 2.88. The number of nitrogens with zero attached hydrogens (tertiary/aromatic N) is 1. The molecule has 1 rings (SSSR count). The number of hydrogen-bond acceptors (Lipinski definition) is 3. The molecule has 0 saturated carbocycles. The van der Waals surface area contributed by atoms with Crippen LogP contribution >= 0.6 is 11.8 Å². The van der Waals surface area contributed by atoms with Crippen LogP contribution in [0.2, 0.25) is 0 Å². The van der Waals surface area contributed by atoms with Gasteiger partial charge in [-0.1, -0.05) is 18.2 Å². The summed E-state index contributed by atoms with van der Waals surface area (Å²) in [6, 6.07) is 9.31. The van der Waals surface area contributed by atoms with E-state index in [0.717, 1.165) is 12.2 Å². The Morgan fingerprint density at radius 2 is 1.94 bits per heavy atom. The van der Waals surface area contributed by atoms with E-state index >= 15 is 0 Å². The molecule has 0 aliphatic heterocycles. The van der Waals surface area contributed by atoms with Crippen molar-refractivity contribution in [2.45, 2.75) is 32.4 Å². The highest BCUT2D eigenvalue weighted by Gasteiger charge is 2.13. The maximum absolute atomic E-state index is 5.91. The Bertz CT molecular complexity index is 339. The molecule has 0 aliphatic carbocycles. The number of benzene rings is 1. The Kier molecular flexibility index (Phi) is 5.86. The summed E-state index contributed by atoms with van der Waals surface area (Å²) in [7, 11) is 2.17. The van der Waals surface area contributed by atoms with Crippen LogP contribution in [0.5, 0.6) is 0 Å². The van der Waals surface area contributed by atoms with E-state index in [0.29, 0.717) is 6.04 Å². The molecule has 0 saturated heterocycles. The SMILES string of the molecule is CSCC(C)N(C)c1ccccc1CC(C)N. The van der Waals surface area contributed by atoms with Gasteiger partial charge in [0.05, 0.1) is 0 Å². The van der Waals surface area contributed by atoms with E-state index in [1.54, 1.807) is 0 Å². The van der Waals surface area contributed by atoms with Crippen molar-refractivity contribution in [3.63, 3.8) is 0 Å². The van der Waals surface area contributed by atoms with Crippen LogP contribution in [0.15, 0.2) is 24.3 Å². The summed E-state index contributed by atoms with van der Waals surface area (Å²) in [6.45, 7) is 4.32. The second-order valence-electron chi connectivity index (χ2n) is 4.73. The number of nitrogens with two attached hydrogens (primary N) is 1. The first kappa shape index (κ1) is 14.4. The van der Waals surface area contributed by atoms with Crippen LogP contribution < -0.4 is 10.6 Å². The molecule has 0 bridgehead atoms. The van der Waals surface area contributed by atoms with E-state index in [1.165, 1.54) is 11.3 Å². The standard InChI is InChI=1S/C14H24N2S/c1-11(15)9-13-7-5-6-8-14(13)16(3)12(2)10-17-4/h5-8,11-12H,9-10,15H2,1-4H3. The molecule has 0 heterocycles. The van der Waals surface area contributed by atoms with Crippen molar-refractivity contribution < 1.29 is 0 Å². The molecular formula is C14H24N2S. The second-order valence-corrected chi connectivity index (χ2v) is 5.64. The average Bonchev–Trinajstić information content (AvgIpc) is 2.28. The summed E-state index contributed by atoms with van der Waals surface area (Å²) in [5.41, 5.74) is 8.56.